The number of aromatic nitrogens is 1. The fourth-order valence-corrected chi connectivity index (χ4v) is 7.03. The van der Waals surface area contributed by atoms with Crippen LogP contribution in [0.1, 0.15) is 44.1 Å². The van der Waals surface area contributed by atoms with Crippen molar-refractivity contribution in [1.82, 2.24) is 4.98 Å². The number of hydrogen-bond acceptors (Lipinski definition) is 7. The van der Waals surface area contributed by atoms with Gasteiger partial charge in [-0.3, -0.25) is 9.59 Å². The summed E-state index contributed by atoms with van der Waals surface area (Å²) in [6.45, 7) is 2.44. The number of benzene rings is 2. The van der Waals surface area contributed by atoms with E-state index in [-0.39, 0.29) is 35.0 Å². The molecule has 3 heterocycles. The van der Waals surface area contributed by atoms with E-state index < -0.39 is 15.7 Å². The molecule has 0 atom stereocenters. The number of para-hydroxylation sites is 2. The Kier molecular flexibility index (Phi) is 7.78. The molecule has 1 saturated carbocycles. The van der Waals surface area contributed by atoms with Crippen LogP contribution in [0.25, 0.3) is 10.4 Å². The highest BCUT2D eigenvalue weighted by molar-refractivity contribution is 7.90. The fourth-order valence-electron chi connectivity index (χ4n) is 5.36. The van der Waals surface area contributed by atoms with E-state index in [0.717, 1.165) is 28.8 Å². The number of nitrogens with one attached hydrogen (secondary N) is 1. The molecule has 2 aromatic heterocycles. The molecule has 2 aromatic carbocycles. The maximum absolute atomic E-state index is 14.4. The number of nitrogens with zero attached hydrogens (tertiary/aromatic N) is 3. The van der Waals surface area contributed by atoms with Crippen LogP contribution >= 0.6 is 11.3 Å². The van der Waals surface area contributed by atoms with Gasteiger partial charge in [0.1, 0.15) is 27.2 Å². The van der Waals surface area contributed by atoms with Crippen molar-refractivity contribution >= 4 is 50.2 Å². The minimum atomic E-state index is -3.15. The van der Waals surface area contributed by atoms with Gasteiger partial charge in [0.2, 0.25) is 0 Å². The van der Waals surface area contributed by atoms with Crippen LogP contribution in [0.15, 0.2) is 66.7 Å². The summed E-state index contributed by atoms with van der Waals surface area (Å²) in [7, 11) is -3.15. The molecule has 6 rings (SSSR count). The summed E-state index contributed by atoms with van der Waals surface area (Å²) in [6, 6.07) is 19.6. The Morgan fingerprint density at radius 3 is 2.60 bits per heavy atom. The molecule has 43 heavy (non-hydrogen) atoms. The van der Waals surface area contributed by atoms with Crippen molar-refractivity contribution in [3.63, 3.8) is 0 Å². The summed E-state index contributed by atoms with van der Waals surface area (Å²) in [5, 5.41) is 2.72. The Morgan fingerprint density at radius 1 is 1.09 bits per heavy atom. The van der Waals surface area contributed by atoms with Gasteiger partial charge in [-0.25, -0.2) is 17.8 Å². The first-order valence-corrected chi connectivity index (χ1v) is 17.0. The number of pyridine rings is 1. The summed E-state index contributed by atoms with van der Waals surface area (Å²) in [6.07, 6.45) is 3.66. The Hall–Kier alpha value is -4.09. The Balaban J connectivity index is 1.28. The van der Waals surface area contributed by atoms with Crippen LogP contribution in [0.2, 0.25) is 0 Å². The van der Waals surface area contributed by atoms with Crippen LogP contribution in [0.5, 0.6) is 0 Å². The number of hydrogen-bond donors (Lipinski definition) is 1. The molecule has 1 aliphatic heterocycles. The third kappa shape index (κ3) is 6.18. The van der Waals surface area contributed by atoms with Gasteiger partial charge < -0.3 is 15.1 Å². The van der Waals surface area contributed by atoms with Gasteiger partial charge in [-0.1, -0.05) is 36.4 Å². The summed E-state index contributed by atoms with van der Waals surface area (Å²) >= 11 is 1.32. The normalized spacial score (nSPS) is 14.4. The lowest BCUT2D eigenvalue weighted by Gasteiger charge is -2.25. The monoisotopic (exact) mass is 618 g/mol. The van der Waals surface area contributed by atoms with E-state index in [1.165, 1.54) is 23.7 Å². The van der Waals surface area contributed by atoms with E-state index >= 15 is 0 Å². The second kappa shape index (κ2) is 11.5. The molecule has 1 N–H and O–H groups in total. The number of amides is 2. The molecule has 222 valence electrons. The second-order valence-corrected chi connectivity index (χ2v) is 14.3. The molecule has 0 radical (unpaired) electrons. The molecule has 0 spiro atoms. The van der Waals surface area contributed by atoms with Gasteiger partial charge >= 0.3 is 0 Å². The van der Waals surface area contributed by atoms with Crippen LogP contribution in [-0.2, 0) is 16.3 Å². The van der Waals surface area contributed by atoms with E-state index in [4.69, 9.17) is 4.98 Å². The predicted octanol–water partition coefficient (Wildman–Crippen LogP) is 5.73. The number of carbonyl (C=O) groups excluding carboxylic acids is 2. The molecule has 8 nitrogen and oxygen atoms in total. The lowest BCUT2D eigenvalue weighted by molar-refractivity contribution is 0.0981. The summed E-state index contributed by atoms with van der Waals surface area (Å²) in [4.78, 5) is 36.9. The van der Waals surface area contributed by atoms with Crippen LogP contribution in [0, 0.1) is 12.7 Å². The van der Waals surface area contributed by atoms with Crippen molar-refractivity contribution in [2.45, 2.75) is 32.2 Å². The summed E-state index contributed by atoms with van der Waals surface area (Å²) in [5.74, 6) is -0.505. The summed E-state index contributed by atoms with van der Waals surface area (Å²) in [5.41, 5.74) is 3.57. The average Bonchev–Trinajstić information content (AvgIpc) is 3.75. The number of sulfone groups is 1. The molecule has 1 fully saturated rings. The Bertz CT molecular complexity index is 1810. The smallest absolute Gasteiger partial charge is 0.276 e. The molecule has 0 unspecified atom stereocenters. The van der Waals surface area contributed by atoms with Gasteiger partial charge in [0.25, 0.3) is 11.8 Å². The molecule has 0 saturated heterocycles. The summed E-state index contributed by atoms with van der Waals surface area (Å²) < 4.78 is 38.1. The number of anilines is 3. The third-order valence-electron chi connectivity index (χ3n) is 7.72. The highest BCUT2D eigenvalue weighted by Crippen LogP contribution is 2.42. The molecular weight excluding hydrogens is 588 g/mol. The van der Waals surface area contributed by atoms with E-state index in [0.29, 0.717) is 41.5 Å². The maximum Gasteiger partial charge on any atom is 0.276 e. The zero-order valence-corrected chi connectivity index (χ0v) is 25.5. The molecular formula is C32H31FN4O4S2. The van der Waals surface area contributed by atoms with Crippen LogP contribution < -0.4 is 15.1 Å². The number of aryl methyl sites for hydroxylation is 1. The lowest BCUT2D eigenvalue weighted by Crippen LogP contribution is -2.35. The quantitative estimate of drug-likeness (QED) is 0.271. The van der Waals surface area contributed by atoms with Crippen molar-refractivity contribution in [2.24, 2.45) is 0 Å². The largest absolute Gasteiger partial charge is 0.353 e. The first kappa shape index (κ1) is 29.0. The van der Waals surface area contributed by atoms with Gasteiger partial charge in [-0.2, -0.15) is 0 Å². The first-order chi connectivity index (χ1) is 20.6. The van der Waals surface area contributed by atoms with Gasteiger partial charge in [0.15, 0.2) is 0 Å². The highest BCUT2D eigenvalue weighted by atomic mass is 32.2. The fraction of sp³-hybridized carbons (Fsp3) is 0.281. The molecule has 4 aromatic rings. The number of halogens is 1. The zero-order valence-electron chi connectivity index (χ0n) is 23.8. The lowest BCUT2D eigenvalue weighted by atomic mass is 10.1. The van der Waals surface area contributed by atoms with E-state index in [9.17, 15) is 22.4 Å². The molecule has 1 aliphatic carbocycles. The zero-order chi connectivity index (χ0) is 30.3. The first-order valence-electron chi connectivity index (χ1n) is 14.1. The van der Waals surface area contributed by atoms with Crippen molar-refractivity contribution < 1.29 is 22.4 Å². The van der Waals surface area contributed by atoms with E-state index in [1.54, 1.807) is 36.1 Å². The van der Waals surface area contributed by atoms with Gasteiger partial charge in [-0.15, -0.1) is 11.3 Å². The van der Waals surface area contributed by atoms with Crippen LogP contribution in [-0.4, -0.2) is 56.4 Å². The SMILES string of the molecule is Cc1cccc(F)c1NC(=O)c1cc2c(s1)-c1ccccc1N(C(=O)c1cccc(N(CCS(C)(=O)=O)C3CC3)n1)CC2. The number of carbonyl (C=O) groups is 2. The average molecular weight is 619 g/mol. The van der Waals surface area contributed by atoms with Crippen molar-refractivity contribution in [3.05, 3.63) is 94.2 Å². The van der Waals surface area contributed by atoms with Gasteiger partial charge in [0, 0.05) is 35.8 Å². The predicted molar refractivity (Wildman–Crippen MR) is 169 cm³/mol. The van der Waals surface area contributed by atoms with Crippen molar-refractivity contribution in [1.29, 1.82) is 0 Å². The van der Waals surface area contributed by atoms with Crippen molar-refractivity contribution in [2.75, 3.05) is 40.2 Å². The second-order valence-electron chi connectivity index (χ2n) is 11.0. The number of fused-ring (bicyclic) bond motifs is 3. The van der Waals surface area contributed by atoms with Crippen molar-refractivity contribution in [3.8, 4) is 10.4 Å². The Morgan fingerprint density at radius 2 is 1.86 bits per heavy atom. The molecule has 2 amide bonds. The van der Waals surface area contributed by atoms with E-state index in [2.05, 4.69) is 5.32 Å². The molecule has 2 aliphatic rings. The van der Waals surface area contributed by atoms with Gasteiger partial charge in [0.05, 0.1) is 22.0 Å². The standard InChI is InChI=1S/C32H31FN4O4S2/c1-20-7-5-9-24(33)29(20)35-31(38)27-19-21-15-16-37(26-11-4-3-8-23(26)30(21)42-27)32(39)25-10-6-12-28(34-25)36(22-13-14-22)17-18-43(2,40)41/h3-12,19,22H,13-18H2,1-2H3,(H,35,38). The number of rotatable bonds is 8. The van der Waals surface area contributed by atoms with Crippen LogP contribution in [0.3, 0.4) is 0 Å². The maximum atomic E-state index is 14.4. The molecule has 11 heteroatoms. The minimum Gasteiger partial charge on any atom is -0.353 e. The third-order valence-corrected chi connectivity index (χ3v) is 9.85. The number of thiophene rings is 1. The Labute approximate surface area is 254 Å². The minimum absolute atomic E-state index is 0.0190. The van der Waals surface area contributed by atoms with E-state index in [1.807, 2.05) is 41.3 Å². The molecule has 0 bridgehead atoms. The topological polar surface area (TPSA) is 99.7 Å². The van der Waals surface area contributed by atoms with Crippen LogP contribution in [0.4, 0.5) is 21.6 Å². The highest BCUT2D eigenvalue weighted by Gasteiger charge is 2.32. The van der Waals surface area contributed by atoms with Gasteiger partial charge in [-0.05, 0) is 67.6 Å².